The van der Waals surface area contributed by atoms with Crippen molar-refractivity contribution in [2.24, 2.45) is 0 Å². The van der Waals surface area contributed by atoms with E-state index in [9.17, 15) is 9.59 Å². The van der Waals surface area contributed by atoms with Gasteiger partial charge >= 0.3 is 0 Å². The summed E-state index contributed by atoms with van der Waals surface area (Å²) in [5.41, 5.74) is 2.03. The summed E-state index contributed by atoms with van der Waals surface area (Å²) < 4.78 is 0. The van der Waals surface area contributed by atoms with Gasteiger partial charge in [-0.25, -0.2) is 9.97 Å². The number of benzene rings is 1. The molecule has 0 unspecified atom stereocenters. The molecule has 0 saturated carbocycles. The van der Waals surface area contributed by atoms with E-state index >= 15 is 0 Å². The molecule has 1 aliphatic heterocycles. The van der Waals surface area contributed by atoms with Crippen LogP contribution in [0.15, 0.2) is 24.5 Å². The minimum atomic E-state index is -0.407. The van der Waals surface area contributed by atoms with Gasteiger partial charge < -0.3 is 10.6 Å². The van der Waals surface area contributed by atoms with E-state index in [4.69, 9.17) is 23.2 Å². The molecule has 8 heteroatoms. The van der Waals surface area contributed by atoms with Crippen LogP contribution in [0.25, 0.3) is 0 Å². The van der Waals surface area contributed by atoms with E-state index in [2.05, 4.69) is 20.6 Å². The SMILES string of the molecule is O=C1Cc2cc(C(=O)Nc3c(Cl)ncnc3Cl)ccc2N1. The van der Waals surface area contributed by atoms with Crippen LogP contribution in [-0.2, 0) is 11.2 Å². The third-order valence-corrected chi connectivity index (χ3v) is 3.56. The van der Waals surface area contributed by atoms with Crippen molar-refractivity contribution in [1.29, 1.82) is 0 Å². The smallest absolute Gasteiger partial charge is 0.255 e. The highest BCUT2D eigenvalue weighted by Crippen LogP contribution is 2.28. The molecule has 2 aromatic rings. The summed E-state index contributed by atoms with van der Waals surface area (Å²) in [7, 11) is 0. The van der Waals surface area contributed by atoms with Crippen molar-refractivity contribution in [2.45, 2.75) is 6.42 Å². The van der Waals surface area contributed by atoms with E-state index in [0.29, 0.717) is 5.56 Å². The van der Waals surface area contributed by atoms with Crippen LogP contribution in [0.1, 0.15) is 15.9 Å². The normalized spacial score (nSPS) is 12.8. The van der Waals surface area contributed by atoms with Crippen molar-refractivity contribution in [3.8, 4) is 0 Å². The number of carbonyl (C=O) groups excluding carboxylic acids is 2. The van der Waals surface area contributed by atoms with E-state index in [-0.39, 0.29) is 28.3 Å². The summed E-state index contributed by atoms with van der Waals surface area (Å²) in [4.78, 5) is 31.0. The lowest BCUT2D eigenvalue weighted by Gasteiger charge is -2.08. The fourth-order valence-electron chi connectivity index (χ4n) is 2.00. The molecule has 1 aromatic heterocycles. The molecular weight excluding hydrogens is 315 g/mol. The van der Waals surface area contributed by atoms with Gasteiger partial charge in [0.2, 0.25) is 5.91 Å². The maximum Gasteiger partial charge on any atom is 0.255 e. The van der Waals surface area contributed by atoms with E-state index in [1.165, 1.54) is 6.33 Å². The summed E-state index contributed by atoms with van der Waals surface area (Å²) in [6.07, 6.45) is 1.46. The maximum absolute atomic E-state index is 12.2. The predicted molar refractivity (Wildman–Crippen MR) is 78.8 cm³/mol. The van der Waals surface area contributed by atoms with Gasteiger partial charge in [-0.15, -0.1) is 0 Å². The quantitative estimate of drug-likeness (QED) is 0.832. The topological polar surface area (TPSA) is 84.0 Å². The Labute approximate surface area is 129 Å². The standard InChI is InChI=1S/C13H8Cl2N4O2/c14-11-10(12(15)17-5-16-11)19-13(21)6-1-2-8-7(3-6)4-9(20)18-8/h1-3,5H,4H2,(H,18,20)(H,19,21). The minimum Gasteiger partial charge on any atom is -0.326 e. The Balaban J connectivity index is 1.87. The number of fused-ring (bicyclic) bond motifs is 1. The minimum absolute atomic E-state index is 0.0568. The van der Waals surface area contributed by atoms with E-state index < -0.39 is 5.91 Å². The van der Waals surface area contributed by atoms with Gasteiger partial charge in [0.05, 0.1) is 6.42 Å². The van der Waals surface area contributed by atoms with Crippen LogP contribution in [-0.4, -0.2) is 21.8 Å². The highest BCUT2D eigenvalue weighted by molar-refractivity contribution is 6.38. The Morgan fingerprint density at radius 2 is 1.95 bits per heavy atom. The van der Waals surface area contributed by atoms with Gasteiger partial charge in [-0.2, -0.15) is 0 Å². The number of carbonyl (C=O) groups is 2. The van der Waals surface area contributed by atoms with Gasteiger partial charge in [-0.3, -0.25) is 9.59 Å². The second-order valence-corrected chi connectivity index (χ2v) is 5.10. The molecule has 0 saturated heterocycles. The van der Waals surface area contributed by atoms with Crippen LogP contribution in [0.4, 0.5) is 11.4 Å². The van der Waals surface area contributed by atoms with Crippen molar-refractivity contribution in [3.63, 3.8) is 0 Å². The number of nitrogens with one attached hydrogen (secondary N) is 2. The molecule has 1 aromatic carbocycles. The average Bonchev–Trinajstić information content (AvgIpc) is 2.81. The fourth-order valence-corrected chi connectivity index (χ4v) is 2.41. The Bertz CT molecular complexity index is 744. The van der Waals surface area contributed by atoms with Gasteiger partial charge in [0.1, 0.15) is 12.0 Å². The molecule has 6 nitrogen and oxygen atoms in total. The molecular formula is C13H8Cl2N4O2. The van der Waals surface area contributed by atoms with Crippen LogP contribution in [0.3, 0.4) is 0 Å². The van der Waals surface area contributed by atoms with Gasteiger partial charge in [0.25, 0.3) is 5.91 Å². The van der Waals surface area contributed by atoms with Crippen molar-refractivity contribution >= 4 is 46.4 Å². The molecule has 21 heavy (non-hydrogen) atoms. The molecule has 2 heterocycles. The number of anilines is 2. The highest BCUT2D eigenvalue weighted by atomic mass is 35.5. The maximum atomic E-state index is 12.2. The van der Waals surface area contributed by atoms with E-state index in [1.807, 2.05) is 0 Å². The molecule has 106 valence electrons. The van der Waals surface area contributed by atoms with Gasteiger partial charge in [0.15, 0.2) is 10.3 Å². The first kappa shape index (κ1) is 13.8. The molecule has 0 atom stereocenters. The second kappa shape index (κ2) is 5.31. The zero-order valence-electron chi connectivity index (χ0n) is 10.5. The molecule has 0 aliphatic carbocycles. The Morgan fingerprint density at radius 1 is 1.24 bits per heavy atom. The first-order valence-corrected chi connectivity index (χ1v) is 6.70. The van der Waals surface area contributed by atoms with Crippen molar-refractivity contribution < 1.29 is 9.59 Å². The third kappa shape index (κ3) is 2.68. The lowest BCUT2D eigenvalue weighted by molar-refractivity contribution is -0.115. The fraction of sp³-hybridized carbons (Fsp3) is 0.0769. The second-order valence-electron chi connectivity index (χ2n) is 4.38. The summed E-state index contributed by atoms with van der Waals surface area (Å²) in [5.74, 6) is -0.499. The van der Waals surface area contributed by atoms with Crippen LogP contribution >= 0.6 is 23.2 Å². The Kier molecular flexibility index (Phi) is 3.48. The van der Waals surface area contributed by atoms with Gasteiger partial charge in [-0.05, 0) is 23.8 Å². The van der Waals surface area contributed by atoms with Gasteiger partial charge in [-0.1, -0.05) is 23.2 Å². The molecule has 0 bridgehead atoms. The number of hydrogen-bond donors (Lipinski definition) is 2. The number of aromatic nitrogens is 2. The lowest BCUT2D eigenvalue weighted by atomic mass is 10.1. The molecule has 1 aliphatic rings. The largest absolute Gasteiger partial charge is 0.326 e. The summed E-state index contributed by atoms with van der Waals surface area (Å²) >= 11 is 11.7. The van der Waals surface area contributed by atoms with Crippen LogP contribution in [0, 0.1) is 0 Å². The molecule has 0 spiro atoms. The summed E-state index contributed by atoms with van der Waals surface area (Å²) in [6, 6.07) is 4.93. The summed E-state index contributed by atoms with van der Waals surface area (Å²) in [5, 5.41) is 5.38. The van der Waals surface area contributed by atoms with E-state index in [1.54, 1.807) is 18.2 Å². The first-order valence-electron chi connectivity index (χ1n) is 5.94. The van der Waals surface area contributed by atoms with Gasteiger partial charge in [0, 0.05) is 11.3 Å². The van der Waals surface area contributed by atoms with Crippen molar-refractivity contribution in [2.75, 3.05) is 10.6 Å². The molecule has 3 rings (SSSR count). The first-order chi connectivity index (χ1) is 10.0. The number of rotatable bonds is 2. The van der Waals surface area contributed by atoms with Crippen molar-refractivity contribution in [3.05, 3.63) is 46.0 Å². The van der Waals surface area contributed by atoms with Crippen LogP contribution in [0.2, 0.25) is 10.3 Å². The molecule has 0 fully saturated rings. The van der Waals surface area contributed by atoms with Crippen molar-refractivity contribution in [1.82, 2.24) is 9.97 Å². The Hall–Kier alpha value is -2.18. The van der Waals surface area contributed by atoms with E-state index in [0.717, 1.165) is 11.3 Å². The summed E-state index contributed by atoms with van der Waals surface area (Å²) in [6.45, 7) is 0. The average molecular weight is 323 g/mol. The zero-order chi connectivity index (χ0) is 15.0. The number of hydrogen-bond acceptors (Lipinski definition) is 4. The number of amides is 2. The predicted octanol–water partition coefficient (Wildman–Crippen LogP) is 2.53. The molecule has 2 N–H and O–H groups in total. The lowest BCUT2D eigenvalue weighted by Crippen LogP contribution is -2.13. The molecule has 2 amide bonds. The highest BCUT2D eigenvalue weighted by Gasteiger charge is 2.20. The number of nitrogens with zero attached hydrogens (tertiary/aromatic N) is 2. The third-order valence-electron chi connectivity index (χ3n) is 2.99. The molecule has 0 radical (unpaired) electrons. The zero-order valence-corrected chi connectivity index (χ0v) is 12.0. The van der Waals surface area contributed by atoms with Crippen LogP contribution in [0.5, 0.6) is 0 Å². The number of halogens is 2. The monoisotopic (exact) mass is 322 g/mol. The van der Waals surface area contributed by atoms with Crippen LogP contribution < -0.4 is 10.6 Å². The Morgan fingerprint density at radius 3 is 2.67 bits per heavy atom.